The lowest BCUT2D eigenvalue weighted by Gasteiger charge is -2.17. The second-order valence-electron chi connectivity index (χ2n) is 4.41. The quantitative estimate of drug-likeness (QED) is 0.216. The molecule has 1 rings (SSSR count). The maximum Gasteiger partial charge on any atom is 0.446 e. The molecule has 0 radical (unpaired) electrons. The summed E-state index contributed by atoms with van der Waals surface area (Å²) < 4.78 is 161. The molecule has 1 aromatic rings. The van der Waals surface area contributed by atoms with E-state index in [2.05, 4.69) is 4.18 Å². The summed E-state index contributed by atoms with van der Waals surface area (Å²) in [6.45, 7) is 0. The molecule has 0 aromatic heterocycles. The average Bonchev–Trinajstić information content (AvgIpc) is 2.31. The van der Waals surface area contributed by atoms with Crippen molar-refractivity contribution in [1.82, 2.24) is 0 Å². The molecular weight excluding hydrogens is 504 g/mol. The lowest BCUT2D eigenvalue weighted by atomic mass is 10.3. The molecule has 28 heavy (non-hydrogen) atoms. The van der Waals surface area contributed by atoms with Crippen LogP contribution in [0.2, 0.25) is 0 Å². The van der Waals surface area contributed by atoms with Crippen molar-refractivity contribution in [2.24, 2.45) is 0 Å². The minimum atomic E-state index is -6.24. The highest BCUT2D eigenvalue weighted by Gasteiger charge is 2.45. The summed E-state index contributed by atoms with van der Waals surface area (Å²) in [5.41, 5.74) is 0. The fourth-order valence-electron chi connectivity index (χ4n) is 1.76. The Balaban J connectivity index is 4.84. The second-order valence-corrected chi connectivity index (χ2v) is 10.9. The van der Waals surface area contributed by atoms with Crippen molar-refractivity contribution >= 4 is 50.9 Å². The van der Waals surface area contributed by atoms with Crippen LogP contribution in [-0.2, 0) is 50.9 Å². The molecule has 6 N–H and O–H groups in total. The summed E-state index contributed by atoms with van der Waals surface area (Å²) in [6, 6.07) is 0. The van der Waals surface area contributed by atoms with Gasteiger partial charge in [0, 0.05) is 0 Å². The van der Waals surface area contributed by atoms with Crippen molar-refractivity contribution in [3.8, 4) is 11.5 Å². The van der Waals surface area contributed by atoms with E-state index in [-0.39, 0.29) is 0 Å². The van der Waals surface area contributed by atoms with Crippen LogP contribution in [-0.4, -0.2) is 70.0 Å². The fraction of sp³-hybridized carbons (Fsp3) is 0. The second kappa shape index (κ2) is 6.71. The van der Waals surface area contributed by atoms with Gasteiger partial charge in [-0.1, -0.05) is 0 Å². The molecule has 0 aliphatic rings. The first-order chi connectivity index (χ1) is 12.0. The Morgan fingerprint density at radius 3 is 0.929 bits per heavy atom. The van der Waals surface area contributed by atoms with Crippen molar-refractivity contribution in [2.75, 3.05) is 0 Å². The molecule has 22 heteroatoms. The standard InChI is InChI=1S/C6H6O17S5/c7-1-3(24(8,9)10)5(26(14,15)16)2(23-28(20,21)22)6(27(17,18)19)4(1)25(11,12)13/h7H,(H,8,9,10)(H,11,12,13)(H,14,15,16)(H,17,18,19)(H,20,21,22). The third-order valence-corrected chi connectivity index (χ3v) is 6.75. The van der Waals surface area contributed by atoms with E-state index in [0.29, 0.717) is 0 Å². The molecule has 0 unspecified atom stereocenters. The van der Waals surface area contributed by atoms with E-state index < -0.39 is 82.0 Å². The van der Waals surface area contributed by atoms with Gasteiger partial charge < -0.3 is 9.29 Å². The molecule has 0 aliphatic carbocycles. The van der Waals surface area contributed by atoms with Crippen LogP contribution in [0, 0.1) is 0 Å². The number of phenolic OH excluding ortho intramolecular Hbond substituents is 1. The van der Waals surface area contributed by atoms with Crippen molar-refractivity contribution in [1.29, 1.82) is 0 Å². The largest absolute Gasteiger partial charge is 0.505 e. The van der Waals surface area contributed by atoms with E-state index in [0.717, 1.165) is 0 Å². The number of aromatic hydroxyl groups is 1. The van der Waals surface area contributed by atoms with Gasteiger partial charge in [-0.3, -0.25) is 22.8 Å². The molecule has 1 aromatic carbocycles. The fourth-order valence-corrected chi connectivity index (χ4v) is 6.40. The first kappa shape index (κ1) is 24.4. The van der Waals surface area contributed by atoms with Crippen LogP contribution >= 0.6 is 0 Å². The molecule has 0 atom stereocenters. The molecule has 0 aliphatic heterocycles. The van der Waals surface area contributed by atoms with Gasteiger partial charge in [-0.05, 0) is 0 Å². The Morgan fingerprint density at radius 2 is 0.750 bits per heavy atom. The zero-order chi connectivity index (χ0) is 22.7. The van der Waals surface area contributed by atoms with E-state index in [1.807, 2.05) is 0 Å². The smallest absolute Gasteiger partial charge is 0.446 e. The Hall–Kier alpha value is -1.63. The van der Waals surface area contributed by atoms with Crippen LogP contribution in [0.1, 0.15) is 0 Å². The van der Waals surface area contributed by atoms with Gasteiger partial charge in [-0.25, -0.2) is 0 Å². The third kappa shape index (κ3) is 5.04. The number of rotatable bonds is 6. The Bertz CT molecular complexity index is 1280. The SMILES string of the molecule is O=S(=O)(O)Oc1c(S(=O)(=O)O)c(S(=O)(=O)O)c(O)c(S(=O)(=O)O)c1S(=O)(=O)O. The van der Waals surface area contributed by atoms with E-state index in [9.17, 15) is 47.2 Å². The van der Waals surface area contributed by atoms with Crippen LogP contribution in [0.25, 0.3) is 0 Å². The summed E-state index contributed by atoms with van der Waals surface area (Å²) in [5, 5.41) is 9.67. The third-order valence-electron chi connectivity index (χ3n) is 2.48. The Morgan fingerprint density at radius 1 is 0.500 bits per heavy atom. The lowest BCUT2D eigenvalue weighted by Crippen LogP contribution is -2.20. The van der Waals surface area contributed by atoms with Crippen molar-refractivity contribution in [3.05, 3.63) is 0 Å². The van der Waals surface area contributed by atoms with Gasteiger partial charge in [0.25, 0.3) is 40.5 Å². The van der Waals surface area contributed by atoms with Crippen LogP contribution in [0.4, 0.5) is 0 Å². The first-order valence-corrected chi connectivity index (χ1v) is 12.6. The average molecular weight is 510 g/mol. The molecule has 0 saturated carbocycles. The highest BCUT2D eigenvalue weighted by Crippen LogP contribution is 2.47. The van der Waals surface area contributed by atoms with Gasteiger partial charge in [-0.15, -0.1) is 0 Å². The number of hydrogen-bond acceptors (Lipinski definition) is 12. The van der Waals surface area contributed by atoms with Crippen LogP contribution < -0.4 is 4.18 Å². The molecule has 0 amide bonds. The molecular formula is C6H6O17S5. The zero-order valence-electron chi connectivity index (χ0n) is 12.2. The zero-order valence-corrected chi connectivity index (χ0v) is 16.3. The molecule has 17 nitrogen and oxygen atoms in total. The van der Waals surface area contributed by atoms with Crippen LogP contribution in [0.15, 0.2) is 19.6 Å². The highest BCUT2D eigenvalue weighted by molar-refractivity contribution is 7.90. The van der Waals surface area contributed by atoms with Gasteiger partial charge in [0.05, 0.1) is 0 Å². The summed E-state index contributed by atoms with van der Waals surface area (Å²) >= 11 is 0. The summed E-state index contributed by atoms with van der Waals surface area (Å²) in [7, 11) is -30.9. The summed E-state index contributed by atoms with van der Waals surface area (Å²) in [4.78, 5) is -10.4. The van der Waals surface area contributed by atoms with E-state index >= 15 is 0 Å². The van der Waals surface area contributed by atoms with Gasteiger partial charge >= 0.3 is 10.4 Å². The van der Waals surface area contributed by atoms with Crippen molar-refractivity contribution in [2.45, 2.75) is 19.6 Å². The highest BCUT2D eigenvalue weighted by atomic mass is 32.3. The minimum absolute atomic E-state index is 2.59. The molecule has 0 spiro atoms. The summed E-state index contributed by atoms with van der Waals surface area (Å²) in [5.74, 6) is -5.22. The number of benzene rings is 1. The maximum atomic E-state index is 11.4. The number of phenols is 1. The molecule has 0 fully saturated rings. The first-order valence-electron chi connectivity index (χ1n) is 5.49. The van der Waals surface area contributed by atoms with E-state index in [1.54, 1.807) is 0 Å². The molecule has 162 valence electrons. The van der Waals surface area contributed by atoms with Crippen LogP contribution in [0.3, 0.4) is 0 Å². The van der Waals surface area contributed by atoms with E-state index in [1.165, 1.54) is 0 Å². The minimum Gasteiger partial charge on any atom is -0.505 e. The normalized spacial score (nSPS) is 14.0. The monoisotopic (exact) mass is 510 g/mol. The topological polar surface area (TPSA) is 301 Å². The molecule has 0 bridgehead atoms. The maximum absolute atomic E-state index is 11.4. The molecule has 0 heterocycles. The van der Waals surface area contributed by atoms with Gasteiger partial charge in [0.2, 0.25) is 0 Å². The van der Waals surface area contributed by atoms with Gasteiger partial charge in [-0.2, -0.15) is 42.1 Å². The Labute approximate surface area is 156 Å². The summed E-state index contributed by atoms with van der Waals surface area (Å²) in [6.07, 6.45) is 0. The Kier molecular flexibility index (Phi) is 5.85. The van der Waals surface area contributed by atoms with Crippen LogP contribution in [0.5, 0.6) is 11.5 Å². The predicted octanol–water partition coefficient (Wildman–Crippen LogP) is -2.44. The predicted molar refractivity (Wildman–Crippen MR) is 79.5 cm³/mol. The van der Waals surface area contributed by atoms with Crippen molar-refractivity contribution < 1.29 is 74.1 Å². The molecule has 0 saturated heterocycles. The van der Waals surface area contributed by atoms with Crippen molar-refractivity contribution in [3.63, 3.8) is 0 Å². The lowest BCUT2D eigenvalue weighted by molar-refractivity contribution is 0.359. The van der Waals surface area contributed by atoms with Gasteiger partial charge in [0.15, 0.2) is 31.1 Å². The number of hydrogen-bond donors (Lipinski definition) is 6. The van der Waals surface area contributed by atoms with Gasteiger partial charge in [0.1, 0.15) is 0 Å². The van der Waals surface area contributed by atoms with E-state index in [4.69, 9.17) is 22.8 Å².